The molecule has 1 aromatic rings. The summed E-state index contributed by atoms with van der Waals surface area (Å²) in [4.78, 5) is 25.8. The maximum atomic E-state index is 12.3. The molecular formula is C18H29N3O2. The second-order valence-electron chi connectivity index (χ2n) is 5.70. The van der Waals surface area contributed by atoms with Crippen LogP contribution in [0.4, 0.5) is 0 Å². The second kappa shape index (κ2) is 10.0. The van der Waals surface area contributed by atoms with Gasteiger partial charge in [-0.3, -0.25) is 14.5 Å². The van der Waals surface area contributed by atoms with Crippen molar-refractivity contribution in [3.8, 4) is 0 Å². The lowest BCUT2D eigenvalue weighted by Crippen LogP contribution is -2.43. The Kier molecular flexibility index (Phi) is 8.33. The third-order valence-corrected chi connectivity index (χ3v) is 3.78. The van der Waals surface area contributed by atoms with Crippen LogP contribution >= 0.6 is 0 Å². The Morgan fingerprint density at radius 1 is 1.04 bits per heavy atom. The highest BCUT2D eigenvalue weighted by Crippen LogP contribution is 2.17. The van der Waals surface area contributed by atoms with E-state index in [1.54, 1.807) is 0 Å². The first-order valence-corrected chi connectivity index (χ1v) is 8.35. The van der Waals surface area contributed by atoms with Crippen LogP contribution in [0.3, 0.4) is 0 Å². The molecule has 0 bridgehead atoms. The van der Waals surface area contributed by atoms with Gasteiger partial charge < -0.3 is 10.6 Å². The molecule has 0 saturated carbocycles. The average Bonchev–Trinajstić information content (AvgIpc) is 2.53. The molecule has 0 aromatic heterocycles. The Labute approximate surface area is 139 Å². The van der Waals surface area contributed by atoms with Gasteiger partial charge in [0.2, 0.25) is 11.8 Å². The van der Waals surface area contributed by atoms with Gasteiger partial charge in [-0.25, -0.2) is 0 Å². The van der Waals surface area contributed by atoms with Crippen molar-refractivity contribution < 1.29 is 9.59 Å². The molecule has 0 spiro atoms. The van der Waals surface area contributed by atoms with Crippen molar-refractivity contribution in [3.63, 3.8) is 0 Å². The number of nitrogens with one attached hydrogen (secondary N) is 2. The molecule has 0 aliphatic rings. The summed E-state index contributed by atoms with van der Waals surface area (Å²) in [6, 6.07) is 8.22. The number of carbonyl (C=O) groups is 2. The molecule has 0 aliphatic heterocycles. The normalized spacial score (nSPS) is 12.0. The van der Waals surface area contributed by atoms with E-state index < -0.39 is 0 Å². The first-order chi connectivity index (χ1) is 11.0. The van der Waals surface area contributed by atoms with Crippen LogP contribution in [-0.2, 0) is 9.59 Å². The summed E-state index contributed by atoms with van der Waals surface area (Å²) < 4.78 is 0. The van der Waals surface area contributed by atoms with Gasteiger partial charge in [-0.1, -0.05) is 43.7 Å². The minimum absolute atomic E-state index is 0.00581. The van der Waals surface area contributed by atoms with Gasteiger partial charge in [-0.05, 0) is 32.4 Å². The number of amides is 2. The van der Waals surface area contributed by atoms with Gasteiger partial charge in [0.25, 0.3) is 0 Å². The fourth-order valence-electron chi connectivity index (χ4n) is 2.40. The van der Waals surface area contributed by atoms with Gasteiger partial charge in [0.15, 0.2) is 0 Å². The molecule has 1 aromatic carbocycles. The summed E-state index contributed by atoms with van der Waals surface area (Å²) in [6.45, 7) is 9.67. The highest BCUT2D eigenvalue weighted by molar-refractivity contribution is 5.81. The van der Waals surface area contributed by atoms with E-state index in [1.165, 1.54) is 5.56 Å². The monoisotopic (exact) mass is 319 g/mol. The molecule has 1 atom stereocenters. The number of benzene rings is 1. The topological polar surface area (TPSA) is 61.4 Å². The van der Waals surface area contributed by atoms with E-state index in [0.717, 1.165) is 12.0 Å². The van der Waals surface area contributed by atoms with Crippen molar-refractivity contribution >= 4 is 11.8 Å². The first-order valence-electron chi connectivity index (χ1n) is 8.35. The zero-order chi connectivity index (χ0) is 17.2. The molecule has 0 unspecified atom stereocenters. The van der Waals surface area contributed by atoms with Gasteiger partial charge in [-0.15, -0.1) is 0 Å². The van der Waals surface area contributed by atoms with Gasteiger partial charge in [0, 0.05) is 6.54 Å². The summed E-state index contributed by atoms with van der Waals surface area (Å²) >= 11 is 0. The van der Waals surface area contributed by atoms with Crippen molar-refractivity contribution in [2.75, 3.05) is 26.2 Å². The van der Waals surface area contributed by atoms with Gasteiger partial charge in [0.1, 0.15) is 0 Å². The van der Waals surface area contributed by atoms with Crippen LogP contribution in [-0.4, -0.2) is 42.9 Å². The van der Waals surface area contributed by atoms with Crippen molar-refractivity contribution in [1.82, 2.24) is 15.5 Å². The fraction of sp³-hybridized carbons (Fsp3) is 0.556. The van der Waals surface area contributed by atoms with Crippen molar-refractivity contribution in [2.24, 2.45) is 0 Å². The van der Waals surface area contributed by atoms with Crippen molar-refractivity contribution in [1.29, 1.82) is 0 Å². The van der Waals surface area contributed by atoms with Crippen LogP contribution < -0.4 is 10.6 Å². The van der Waals surface area contributed by atoms with Crippen LogP contribution in [0, 0.1) is 6.92 Å². The lowest BCUT2D eigenvalue weighted by atomic mass is 10.0. The molecule has 0 heterocycles. The van der Waals surface area contributed by atoms with E-state index in [0.29, 0.717) is 13.1 Å². The van der Waals surface area contributed by atoms with E-state index in [2.05, 4.69) is 41.8 Å². The predicted molar refractivity (Wildman–Crippen MR) is 93.2 cm³/mol. The molecule has 0 saturated heterocycles. The van der Waals surface area contributed by atoms with Crippen LogP contribution in [0.5, 0.6) is 0 Å². The van der Waals surface area contributed by atoms with E-state index in [1.807, 2.05) is 25.7 Å². The quantitative estimate of drug-likeness (QED) is 0.732. The molecule has 2 N–H and O–H groups in total. The maximum absolute atomic E-state index is 12.3. The molecule has 5 nitrogen and oxygen atoms in total. The van der Waals surface area contributed by atoms with Gasteiger partial charge >= 0.3 is 0 Å². The number of hydrogen-bond donors (Lipinski definition) is 2. The lowest BCUT2D eigenvalue weighted by Gasteiger charge is -2.22. The average molecular weight is 319 g/mol. The maximum Gasteiger partial charge on any atom is 0.234 e. The van der Waals surface area contributed by atoms with Crippen molar-refractivity contribution in [2.45, 2.75) is 40.2 Å². The van der Waals surface area contributed by atoms with E-state index in [-0.39, 0.29) is 30.9 Å². The molecule has 0 fully saturated rings. The second-order valence-corrected chi connectivity index (χ2v) is 5.70. The Morgan fingerprint density at radius 3 is 2.17 bits per heavy atom. The SMILES string of the molecule is CCNC(=O)CN(CC)CC(=O)N[C@@H](CC)c1ccc(C)cc1. The number of nitrogens with zero attached hydrogens (tertiary/aromatic N) is 1. The number of likely N-dealkylation sites (N-methyl/N-ethyl adjacent to an activating group) is 2. The van der Waals surface area contributed by atoms with Crippen LogP contribution in [0.1, 0.15) is 44.4 Å². The van der Waals surface area contributed by atoms with E-state index in [4.69, 9.17) is 0 Å². The summed E-state index contributed by atoms with van der Waals surface area (Å²) in [7, 11) is 0. The molecule has 5 heteroatoms. The zero-order valence-electron chi connectivity index (χ0n) is 14.7. The zero-order valence-corrected chi connectivity index (χ0v) is 14.7. The largest absolute Gasteiger partial charge is 0.355 e. The number of rotatable bonds is 9. The van der Waals surface area contributed by atoms with Gasteiger partial charge in [0.05, 0.1) is 19.1 Å². The Morgan fingerprint density at radius 2 is 1.65 bits per heavy atom. The minimum Gasteiger partial charge on any atom is -0.355 e. The molecule has 23 heavy (non-hydrogen) atoms. The number of aryl methyl sites for hydroxylation is 1. The molecule has 1 rings (SSSR count). The smallest absolute Gasteiger partial charge is 0.234 e. The Hall–Kier alpha value is -1.88. The number of carbonyl (C=O) groups excluding carboxylic acids is 2. The standard InChI is InChI=1S/C18H29N3O2/c1-5-16(15-10-8-14(4)9-11-15)20-18(23)13-21(7-3)12-17(22)19-6-2/h8-11,16H,5-7,12-13H2,1-4H3,(H,19,22)(H,20,23)/t16-/m0/s1. The van der Waals surface area contributed by atoms with Gasteiger partial charge in [-0.2, -0.15) is 0 Å². The molecular weight excluding hydrogens is 290 g/mol. The molecule has 0 aliphatic carbocycles. The fourth-order valence-corrected chi connectivity index (χ4v) is 2.40. The Balaban J connectivity index is 2.58. The van der Waals surface area contributed by atoms with E-state index in [9.17, 15) is 9.59 Å². The molecule has 128 valence electrons. The predicted octanol–water partition coefficient (Wildman–Crippen LogP) is 2.02. The van der Waals surface area contributed by atoms with E-state index >= 15 is 0 Å². The van der Waals surface area contributed by atoms with Crippen molar-refractivity contribution in [3.05, 3.63) is 35.4 Å². The lowest BCUT2D eigenvalue weighted by molar-refractivity contribution is -0.125. The molecule has 2 amide bonds. The van der Waals surface area contributed by atoms with Crippen LogP contribution in [0.2, 0.25) is 0 Å². The third kappa shape index (κ3) is 6.82. The third-order valence-electron chi connectivity index (χ3n) is 3.78. The first kappa shape index (κ1) is 19.2. The summed E-state index contributed by atoms with van der Waals surface area (Å²) in [5.74, 6) is -0.101. The highest BCUT2D eigenvalue weighted by atomic mass is 16.2. The minimum atomic E-state index is -0.0522. The summed E-state index contributed by atoms with van der Waals surface area (Å²) in [5, 5.41) is 5.81. The highest BCUT2D eigenvalue weighted by Gasteiger charge is 2.16. The van der Waals surface area contributed by atoms with Crippen LogP contribution in [0.25, 0.3) is 0 Å². The summed E-state index contributed by atoms with van der Waals surface area (Å²) in [5.41, 5.74) is 2.31. The number of hydrogen-bond acceptors (Lipinski definition) is 3. The summed E-state index contributed by atoms with van der Waals surface area (Å²) in [6.07, 6.45) is 0.831. The Bertz CT molecular complexity index is 499. The molecule has 0 radical (unpaired) electrons. The van der Waals surface area contributed by atoms with Crippen LogP contribution in [0.15, 0.2) is 24.3 Å².